The minimum Gasteiger partial charge on any atom is -0.381 e. The van der Waals surface area contributed by atoms with Crippen LogP contribution in [-0.2, 0) is 0 Å². The van der Waals surface area contributed by atoms with E-state index in [0.717, 1.165) is 12.2 Å². The molecule has 0 aromatic carbocycles. The van der Waals surface area contributed by atoms with Gasteiger partial charge in [-0.1, -0.05) is 23.2 Å². The minimum atomic E-state index is 0.353. The Hall–Kier alpha value is -0.580. The van der Waals surface area contributed by atoms with Gasteiger partial charge in [-0.3, -0.25) is 4.90 Å². The van der Waals surface area contributed by atoms with Gasteiger partial charge in [-0.25, -0.2) is 0 Å². The molecule has 17 heavy (non-hydrogen) atoms. The number of hydrogen-bond acceptors (Lipinski definition) is 4. The van der Waals surface area contributed by atoms with Crippen molar-refractivity contribution in [3.8, 4) is 0 Å². The Morgan fingerprint density at radius 1 is 1.35 bits per heavy atom. The summed E-state index contributed by atoms with van der Waals surface area (Å²) >= 11 is 11.7. The van der Waals surface area contributed by atoms with Crippen LogP contribution in [0.25, 0.3) is 0 Å². The molecule has 0 amide bonds. The molecule has 1 aliphatic heterocycles. The van der Waals surface area contributed by atoms with Crippen LogP contribution in [0, 0.1) is 0 Å². The predicted molar refractivity (Wildman–Crippen MR) is 70.8 cm³/mol. The van der Waals surface area contributed by atoms with Crippen LogP contribution in [0.3, 0.4) is 0 Å². The first-order valence-corrected chi connectivity index (χ1v) is 6.59. The number of aromatic nitrogens is 2. The van der Waals surface area contributed by atoms with Gasteiger partial charge >= 0.3 is 0 Å². The summed E-state index contributed by atoms with van der Waals surface area (Å²) in [5.41, 5.74) is 0.748. The van der Waals surface area contributed by atoms with Crippen LogP contribution in [0.4, 0.5) is 5.69 Å². The van der Waals surface area contributed by atoms with Crippen molar-refractivity contribution in [3.63, 3.8) is 0 Å². The maximum atomic E-state index is 5.93. The van der Waals surface area contributed by atoms with Gasteiger partial charge in [0.2, 0.25) is 0 Å². The van der Waals surface area contributed by atoms with Crippen molar-refractivity contribution in [1.82, 2.24) is 15.1 Å². The molecule has 2 rings (SSSR count). The fourth-order valence-corrected chi connectivity index (χ4v) is 2.35. The molecule has 1 saturated heterocycles. The molecule has 2 heterocycles. The van der Waals surface area contributed by atoms with E-state index in [0.29, 0.717) is 16.3 Å². The van der Waals surface area contributed by atoms with Gasteiger partial charge in [0.1, 0.15) is 0 Å². The van der Waals surface area contributed by atoms with Crippen LogP contribution < -0.4 is 5.32 Å². The van der Waals surface area contributed by atoms with Gasteiger partial charge in [0.05, 0.1) is 5.69 Å². The summed E-state index contributed by atoms with van der Waals surface area (Å²) in [5, 5.41) is 11.4. The number of likely N-dealkylation sites (tertiary alicyclic amines) is 1. The minimum absolute atomic E-state index is 0.353. The number of nitrogens with one attached hydrogen (secondary N) is 1. The van der Waals surface area contributed by atoms with Crippen molar-refractivity contribution in [3.05, 3.63) is 16.4 Å². The van der Waals surface area contributed by atoms with E-state index in [-0.39, 0.29) is 0 Å². The molecule has 0 radical (unpaired) electrons. The molecule has 1 unspecified atom stereocenters. The Morgan fingerprint density at radius 3 is 2.76 bits per heavy atom. The fourth-order valence-electron chi connectivity index (χ4n) is 2.05. The van der Waals surface area contributed by atoms with E-state index in [2.05, 4.69) is 27.3 Å². The maximum Gasteiger partial charge on any atom is 0.174 e. The second-order valence-electron chi connectivity index (χ2n) is 4.34. The fraction of sp³-hybridized carbons (Fsp3) is 0.636. The number of anilines is 1. The molecule has 1 aromatic heterocycles. The molecule has 1 N–H and O–H groups in total. The first kappa shape index (κ1) is 12.9. The maximum absolute atomic E-state index is 5.93. The summed E-state index contributed by atoms with van der Waals surface area (Å²) in [6.45, 7) is 5.42. The van der Waals surface area contributed by atoms with Crippen LogP contribution in [0.5, 0.6) is 0 Å². The Bertz CT molecular complexity index is 380. The van der Waals surface area contributed by atoms with Gasteiger partial charge in [0, 0.05) is 18.7 Å². The standard InChI is InChI=1S/C11H16Cl2N4/c1-8(17-4-2-3-5-17)7-14-9-6-10(12)15-16-11(9)13/h6,8H,2-5,7H2,1H3,(H,14,15). The molecule has 6 heteroatoms. The largest absolute Gasteiger partial charge is 0.381 e. The van der Waals surface area contributed by atoms with E-state index >= 15 is 0 Å². The Kier molecular flexibility index (Phi) is 4.42. The van der Waals surface area contributed by atoms with E-state index in [1.54, 1.807) is 6.07 Å². The molecule has 94 valence electrons. The highest BCUT2D eigenvalue weighted by Gasteiger charge is 2.18. The first-order chi connectivity index (χ1) is 8.16. The summed E-state index contributed by atoms with van der Waals surface area (Å²) in [5.74, 6) is 0. The van der Waals surface area contributed by atoms with Crippen LogP contribution in [0.1, 0.15) is 19.8 Å². The van der Waals surface area contributed by atoms with E-state index < -0.39 is 0 Å². The third-order valence-corrected chi connectivity index (χ3v) is 3.53. The van der Waals surface area contributed by atoms with Crippen molar-refractivity contribution in [2.45, 2.75) is 25.8 Å². The van der Waals surface area contributed by atoms with E-state index in [1.165, 1.54) is 25.9 Å². The van der Waals surface area contributed by atoms with Gasteiger partial charge in [-0.15, -0.1) is 10.2 Å². The molecule has 0 aliphatic carbocycles. The van der Waals surface area contributed by atoms with Crippen LogP contribution in [-0.4, -0.2) is 40.8 Å². The van der Waals surface area contributed by atoms with Crippen molar-refractivity contribution >= 4 is 28.9 Å². The highest BCUT2D eigenvalue weighted by molar-refractivity contribution is 6.33. The Balaban J connectivity index is 1.90. The lowest BCUT2D eigenvalue weighted by molar-refractivity contribution is 0.269. The zero-order valence-electron chi connectivity index (χ0n) is 9.79. The Morgan fingerprint density at radius 2 is 2.06 bits per heavy atom. The summed E-state index contributed by atoms with van der Waals surface area (Å²) in [4.78, 5) is 2.47. The average Bonchev–Trinajstić information content (AvgIpc) is 2.83. The summed E-state index contributed by atoms with van der Waals surface area (Å²) in [7, 11) is 0. The normalized spacial score (nSPS) is 18.3. The molecule has 1 aromatic rings. The van der Waals surface area contributed by atoms with Crippen molar-refractivity contribution in [2.24, 2.45) is 0 Å². The molecule has 1 aliphatic rings. The van der Waals surface area contributed by atoms with Crippen molar-refractivity contribution in [1.29, 1.82) is 0 Å². The van der Waals surface area contributed by atoms with Gasteiger partial charge < -0.3 is 5.32 Å². The van der Waals surface area contributed by atoms with E-state index in [1.807, 2.05) is 0 Å². The Labute approximate surface area is 111 Å². The highest BCUT2D eigenvalue weighted by Crippen LogP contribution is 2.21. The smallest absolute Gasteiger partial charge is 0.174 e. The lowest BCUT2D eigenvalue weighted by Gasteiger charge is -2.24. The quantitative estimate of drug-likeness (QED) is 0.917. The van der Waals surface area contributed by atoms with Gasteiger partial charge in [0.15, 0.2) is 10.3 Å². The lowest BCUT2D eigenvalue weighted by Crippen LogP contribution is -2.35. The van der Waals surface area contributed by atoms with Crippen molar-refractivity contribution in [2.75, 3.05) is 25.0 Å². The first-order valence-electron chi connectivity index (χ1n) is 5.83. The number of hydrogen-bond donors (Lipinski definition) is 1. The van der Waals surface area contributed by atoms with Gasteiger partial charge in [-0.2, -0.15) is 0 Å². The molecule has 0 bridgehead atoms. The molecule has 0 spiro atoms. The van der Waals surface area contributed by atoms with Crippen molar-refractivity contribution < 1.29 is 0 Å². The van der Waals surface area contributed by atoms with E-state index in [9.17, 15) is 0 Å². The highest BCUT2D eigenvalue weighted by atomic mass is 35.5. The van der Waals surface area contributed by atoms with Gasteiger partial charge in [0.25, 0.3) is 0 Å². The third kappa shape index (κ3) is 3.44. The van der Waals surface area contributed by atoms with Crippen LogP contribution in [0.15, 0.2) is 6.07 Å². The predicted octanol–water partition coefficient (Wildman–Crippen LogP) is 2.68. The molecular formula is C11H16Cl2N4. The molecule has 4 nitrogen and oxygen atoms in total. The van der Waals surface area contributed by atoms with Crippen LogP contribution >= 0.6 is 23.2 Å². The number of nitrogens with zero attached hydrogens (tertiary/aromatic N) is 3. The average molecular weight is 275 g/mol. The molecule has 1 atom stereocenters. The van der Waals surface area contributed by atoms with E-state index in [4.69, 9.17) is 23.2 Å². The summed E-state index contributed by atoms with van der Waals surface area (Å²) < 4.78 is 0. The monoisotopic (exact) mass is 274 g/mol. The number of halogens is 2. The summed E-state index contributed by atoms with van der Waals surface area (Å²) in [6, 6.07) is 2.19. The topological polar surface area (TPSA) is 41.1 Å². The zero-order chi connectivity index (χ0) is 12.3. The summed E-state index contributed by atoms with van der Waals surface area (Å²) in [6.07, 6.45) is 2.60. The number of rotatable bonds is 4. The van der Waals surface area contributed by atoms with Gasteiger partial charge in [-0.05, 0) is 32.9 Å². The third-order valence-electron chi connectivity index (χ3n) is 3.07. The molecular weight excluding hydrogens is 259 g/mol. The second-order valence-corrected chi connectivity index (χ2v) is 5.09. The lowest BCUT2D eigenvalue weighted by atomic mass is 10.3. The van der Waals surface area contributed by atoms with Crippen LogP contribution in [0.2, 0.25) is 10.3 Å². The molecule has 1 fully saturated rings. The second kappa shape index (κ2) is 5.85. The SMILES string of the molecule is CC(CNc1cc(Cl)nnc1Cl)N1CCCC1. The zero-order valence-corrected chi connectivity index (χ0v) is 11.3. The molecule has 0 saturated carbocycles.